The molecule has 20 heavy (non-hydrogen) atoms. The number of aldehydes is 1. The average Bonchev–Trinajstić information content (AvgIpc) is 3.01. The second-order valence-corrected chi connectivity index (χ2v) is 5.12. The van der Waals surface area contributed by atoms with Gasteiger partial charge in [-0.2, -0.15) is 0 Å². The molecule has 1 fully saturated rings. The molecule has 0 radical (unpaired) electrons. The molecule has 1 aromatic rings. The molecule has 1 saturated carbocycles. The summed E-state index contributed by atoms with van der Waals surface area (Å²) in [6.45, 7) is 0. The largest absolute Gasteiger partial charge is 0.376 e. The van der Waals surface area contributed by atoms with Crippen LogP contribution in [-0.4, -0.2) is 12.3 Å². The zero-order chi connectivity index (χ0) is 14.4. The summed E-state index contributed by atoms with van der Waals surface area (Å²) in [5.74, 6) is -6.24. The predicted molar refractivity (Wildman–Crippen MR) is 64.4 cm³/mol. The number of nitrogens with one attached hydrogen (secondary N) is 1. The van der Waals surface area contributed by atoms with Crippen LogP contribution in [0.1, 0.15) is 23.2 Å². The molecule has 0 aliphatic heterocycles. The van der Waals surface area contributed by atoms with Crippen molar-refractivity contribution in [3.05, 3.63) is 41.0 Å². The molecule has 0 saturated heterocycles. The van der Waals surface area contributed by atoms with E-state index < -0.39 is 34.5 Å². The van der Waals surface area contributed by atoms with Crippen molar-refractivity contribution < 1.29 is 22.4 Å². The van der Waals surface area contributed by atoms with Gasteiger partial charge in [-0.3, -0.25) is 4.79 Å². The van der Waals surface area contributed by atoms with Crippen LogP contribution in [0.5, 0.6) is 0 Å². The first kappa shape index (κ1) is 13.1. The molecule has 2 bridgehead atoms. The molecule has 3 rings (SSSR count). The highest BCUT2D eigenvalue weighted by Crippen LogP contribution is 2.42. The van der Waals surface area contributed by atoms with Crippen LogP contribution in [-0.2, 0) is 0 Å². The van der Waals surface area contributed by atoms with E-state index in [1.807, 2.05) is 12.2 Å². The van der Waals surface area contributed by atoms with Crippen LogP contribution >= 0.6 is 0 Å². The maximum atomic E-state index is 13.8. The fraction of sp³-hybridized carbons (Fsp3) is 0.357. The Morgan fingerprint density at radius 3 is 1.85 bits per heavy atom. The second kappa shape index (κ2) is 4.61. The Labute approximate surface area is 112 Å². The van der Waals surface area contributed by atoms with Crippen LogP contribution in [0, 0.1) is 35.1 Å². The molecule has 1 N–H and O–H groups in total. The molecule has 1 aromatic carbocycles. The van der Waals surface area contributed by atoms with Crippen molar-refractivity contribution in [2.45, 2.75) is 18.9 Å². The Balaban J connectivity index is 2.00. The lowest BCUT2D eigenvalue weighted by Crippen LogP contribution is -2.27. The normalized spacial score (nSPS) is 27.1. The highest BCUT2D eigenvalue weighted by molar-refractivity contribution is 5.77. The van der Waals surface area contributed by atoms with Crippen LogP contribution in [0.15, 0.2) is 12.2 Å². The van der Waals surface area contributed by atoms with E-state index >= 15 is 0 Å². The van der Waals surface area contributed by atoms with E-state index in [1.54, 1.807) is 0 Å². The van der Waals surface area contributed by atoms with E-state index in [-0.39, 0.29) is 24.2 Å². The minimum absolute atomic E-state index is 0.107. The third kappa shape index (κ3) is 1.74. The topological polar surface area (TPSA) is 29.1 Å². The molecule has 0 aromatic heterocycles. The van der Waals surface area contributed by atoms with Gasteiger partial charge in [-0.25, -0.2) is 17.6 Å². The maximum absolute atomic E-state index is 13.8. The van der Waals surface area contributed by atoms with Gasteiger partial charge in [-0.05, 0) is 24.7 Å². The average molecular weight is 285 g/mol. The Morgan fingerprint density at radius 1 is 0.950 bits per heavy atom. The van der Waals surface area contributed by atoms with E-state index in [9.17, 15) is 22.4 Å². The minimum atomic E-state index is -1.67. The maximum Gasteiger partial charge on any atom is 0.185 e. The smallest absolute Gasteiger partial charge is 0.185 e. The molecule has 2 nitrogen and oxygen atoms in total. The van der Waals surface area contributed by atoms with Gasteiger partial charge in [0, 0.05) is 6.04 Å². The summed E-state index contributed by atoms with van der Waals surface area (Å²) in [4.78, 5) is 10.5. The molecule has 0 heterocycles. The molecule has 2 aliphatic rings. The number of hydrogen-bond acceptors (Lipinski definition) is 2. The first-order valence-corrected chi connectivity index (χ1v) is 6.30. The SMILES string of the molecule is O=Cc1c(F)c(F)c(N[C@@H]2[C@@H]3C=C[C@H]2CC3)c(F)c1F. The van der Waals surface area contributed by atoms with Crippen LogP contribution in [0.2, 0.25) is 0 Å². The summed E-state index contributed by atoms with van der Waals surface area (Å²) in [6, 6.07) is -0.264. The van der Waals surface area contributed by atoms with Crippen LogP contribution in [0.4, 0.5) is 23.2 Å². The predicted octanol–water partition coefficient (Wildman–Crippen LogP) is 3.43. The number of carbonyl (C=O) groups is 1. The first-order valence-electron chi connectivity index (χ1n) is 6.30. The standard InChI is InChI=1S/C14H11F4NO/c15-9-8(5-20)10(16)12(18)14(11(9)17)19-13-6-1-2-7(13)4-3-6/h1-2,5-7,13,19H,3-4H2/t6-,7+,13-. The van der Waals surface area contributed by atoms with Gasteiger partial charge in [-0.1, -0.05) is 12.2 Å². The van der Waals surface area contributed by atoms with E-state index in [2.05, 4.69) is 5.32 Å². The summed E-state index contributed by atoms with van der Waals surface area (Å²) in [6.07, 6.45) is 5.39. The lowest BCUT2D eigenvalue weighted by Gasteiger charge is -2.20. The second-order valence-electron chi connectivity index (χ2n) is 5.12. The van der Waals surface area contributed by atoms with Crippen molar-refractivity contribution in [3.63, 3.8) is 0 Å². The molecule has 3 atom stereocenters. The number of rotatable bonds is 3. The van der Waals surface area contributed by atoms with Gasteiger partial charge in [-0.15, -0.1) is 0 Å². The van der Waals surface area contributed by atoms with Gasteiger partial charge < -0.3 is 5.32 Å². The van der Waals surface area contributed by atoms with Gasteiger partial charge in [0.15, 0.2) is 29.6 Å². The molecular formula is C14H11F4NO. The van der Waals surface area contributed by atoms with Crippen LogP contribution < -0.4 is 5.32 Å². The zero-order valence-electron chi connectivity index (χ0n) is 10.3. The van der Waals surface area contributed by atoms with Crippen molar-refractivity contribution in [1.82, 2.24) is 0 Å². The van der Waals surface area contributed by atoms with Gasteiger partial charge in [0.1, 0.15) is 5.69 Å². The first-order chi connectivity index (χ1) is 9.54. The lowest BCUT2D eigenvalue weighted by molar-refractivity contribution is 0.111. The van der Waals surface area contributed by atoms with Crippen molar-refractivity contribution in [2.24, 2.45) is 11.8 Å². The fourth-order valence-electron chi connectivity index (χ4n) is 3.04. The Bertz CT molecular complexity index is 571. The molecule has 0 spiro atoms. The van der Waals surface area contributed by atoms with E-state index in [0.29, 0.717) is 0 Å². The summed E-state index contributed by atoms with van der Waals surface area (Å²) in [5, 5.41) is 2.56. The molecule has 0 unspecified atom stereocenters. The molecular weight excluding hydrogens is 274 g/mol. The van der Waals surface area contributed by atoms with E-state index in [4.69, 9.17) is 0 Å². The van der Waals surface area contributed by atoms with Crippen molar-refractivity contribution in [1.29, 1.82) is 0 Å². The van der Waals surface area contributed by atoms with E-state index in [1.165, 1.54) is 0 Å². The minimum Gasteiger partial charge on any atom is -0.376 e. The van der Waals surface area contributed by atoms with Crippen molar-refractivity contribution in [3.8, 4) is 0 Å². The summed E-state index contributed by atoms with van der Waals surface area (Å²) in [5.41, 5.74) is -2.06. The number of carbonyl (C=O) groups excluding carboxylic acids is 1. The summed E-state index contributed by atoms with van der Waals surface area (Å²) in [7, 11) is 0. The van der Waals surface area contributed by atoms with E-state index in [0.717, 1.165) is 12.8 Å². The highest BCUT2D eigenvalue weighted by atomic mass is 19.2. The number of fused-ring (bicyclic) bond motifs is 2. The Morgan fingerprint density at radius 2 is 1.45 bits per heavy atom. The van der Waals surface area contributed by atoms with Gasteiger partial charge in [0.05, 0.1) is 5.56 Å². The van der Waals surface area contributed by atoms with Gasteiger partial charge >= 0.3 is 0 Å². The third-order valence-corrected chi connectivity index (χ3v) is 4.09. The fourth-order valence-corrected chi connectivity index (χ4v) is 3.04. The molecule has 6 heteroatoms. The Kier molecular flexibility index (Phi) is 3.03. The number of anilines is 1. The third-order valence-electron chi connectivity index (χ3n) is 4.09. The monoisotopic (exact) mass is 285 g/mol. The summed E-state index contributed by atoms with van der Waals surface area (Å²) < 4.78 is 54.6. The van der Waals surface area contributed by atoms with Crippen LogP contribution in [0.3, 0.4) is 0 Å². The number of halogens is 4. The van der Waals surface area contributed by atoms with Gasteiger partial charge in [0.2, 0.25) is 0 Å². The number of benzene rings is 1. The van der Waals surface area contributed by atoms with Crippen molar-refractivity contribution in [2.75, 3.05) is 5.32 Å². The molecule has 106 valence electrons. The number of hydrogen-bond donors (Lipinski definition) is 1. The lowest BCUT2D eigenvalue weighted by atomic mass is 10.0. The molecule has 2 aliphatic carbocycles. The quantitative estimate of drug-likeness (QED) is 0.399. The zero-order valence-corrected chi connectivity index (χ0v) is 10.3. The summed E-state index contributed by atoms with van der Waals surface area (Å²) >= 11 is 0. The van der Waals surface area contributed by atoms with Gasteiger partial charge in [0.25, 0.3) is 0 Å². The molecule has 0 amide bonds. The highest BCUT2D eigenvalue weighted by Gasteiger charge is 2.39. The van der Waals surface area contributed by atoms with Crippen molar-refractivity contribution >= 4 is 12.0 Å². The Hall–Kier alpha value is -1.85. The van der Waals surface area contributed by atoms with Crippen LogP contribution in [0.25, 0.3) is 0 Å².